The predicted molar refractivity (Wildman–Crippen MR) is 67.0 cm³/mol. The summed E-state index contributed by atoms with van der Waals surface area (Å²) in [6, 6.07) is 6.29. The van der Waals surface area contributed by atoms with E-state index < -0.39 is 0 Å². The van der Waals surface area contributed by atoms with E-state index in [4.69, 9.17) is 5.84 Å². The van der Waals surface area contributed by atoms with Crippen molar-refractivity contribution in [3.05, 3.63) is 33.8 Å². The maximum Gasteiger partial charge on any atom is 0.0580 e. The molecular formula is C12H15BrN2. The van der Waals surface area contributed by atoms with Gasteiger partial charge >= 0.3 is 0 Å². The van der Waals surface area contributed by atoms with Gasteiger partial charge in [0.05, 0.1) is 6.04 Å². The van der Waals surface area contributed by atoms with Gasteiger partial charge in [0.15, 0.2) is 0 Å². The molecule has 1 aromatic carbocycles. The fourth-order valence-corrected chi connectivity index (χ4v) is 1.92. The minimum Gasteiger partial charge on any atom is -0.271 e. The van der Waals surface area contributed by atoms with Crippen LogP contribution in [0.1, 0.15) is 30.5 Å². The van der Waals surface area contributed by atoms with E-state index in [0.29, 0.717) is 0 Å². The minimum atomic E-state index is 0.0757. The first-order valence-corrected chi connectivity index (χ1v) is 5.60. The fourth-order valence-electron chi connectivity index (χ4n) is 1.39. The Bertz CT molecular complexity index is 390. The van der Waals surface area contributed by atoms with Gasteiger partial charge in [-0.1, -0.05) is 33.6 Å². The number of hydrogen-bond donors (Lipinski definition) is 2. The smallest absolute Gasteiger partial charge is 0.0580 e. The molecule has 0 radical (unpaired) electrons. The van der Waals surface area contributed by atoms with Crippen LogP contribution in [0.4, 0.5) is 0 Å². The Kier molecular flexibility index (Phi) is 4.83. The highest BCUT2D eigenvalue weighted by atomic mass is 79.9. The van der Waals surface area contributed by atoms with Gasteiger partial charge in [0.25, 0.3) is 0 Å². The van der Waals surface area contributed by atoms with E-state index in [-0.39, 0.29) is 6.04 Å². The zero-order chi connectivity index (χ0) is 11.3. The fraction of sp³-hybridized carbons (Fsp3) is 0.333. The van der Waals surface area contributed by atoms with E-state index in [9.17, 15) is 0 Å². The largest absolute Gasteiger partial charge is 0.271 e. The summed E-state index contributed by atoms with van der Waals surface area (Å²) in [5, 5.41) is 0. The molecule has 0 heterocycles. The molecule has 3 N–H and O–H groups in total. The molecule has 15 heavy (non-hydrogen) atoms. The average Bonchev–Trinajstić information content (AvgIpc) is 2.24. The van der Waals surface area contributed by atoms with Crippen molar-refractivity contribution >= 4 is 15.9 Å². The van der Waals surface area contributed by atoms with Crippen LogP contribution in [0, 0.1) is 18.8 Å². The molecule has 2 nitrogen and oxygen atoms in total. The van der Waals surface area contributed by atoms with E-state index in [0.717, 1.165) is 16.5 Å². The molecule has 80 valence electrons. The molecule has 1 rings (SSSR count). The standard InChI is InChI=1S/C12H15BrN2/c1-3-4-5-12(15-14)10-8-9(2)6-7-11(10)13/h6-8,12,15H,5,14H2,1-2H3. The lowest BCUT2D eigenvalue weighted by molar-refractivity contribution is 0.565. The molecule has 1 atom stereocenters. The molecule has 1 aromatic rings. The van der Waals surface area contributed by atoms with Crippen molar-refractivity contribution < 1.29 is 0 Å². The number of hydrogen-bond acceptors (Lipinski definition) is 2. The second-order valence-electron chi connectivity index (χ2n) is 3.38. The zero-order valence-corrected chi connectivity index (χ0v) is 10.6. The van der Waals surface area contributed by atoms with E-state index in [1.807, 2.05) is 13.0 Å². The number of hydrazine groups is 1. The Morgan fingerprint density at radius 1 is 1.53 bits per heavy atom. The average molecular weight is 267 g/mol. The van der Waals surface area contributed by atoms with E-state index in [1.165, 1.54) is 5.56 Å². The summed E-state index contributed by atoms with van der Waals surface area (Å²) in [7, 11) is 0. The van der Waals surface area contributed by atoms with Gasteiger partial charge in [-0.05, 0) is 25.5 Å². The van der Waals surface area contributed by atoms with Crippen LogP contribution in [0.15, 0.2) is 22.7 Å². The molecule has 0 amide bonds. The molecule has 0 spiro atoms. The highest BCUT2D eigenvalue weighted by Gasteiger charge is 2.11. The monoisotopic (exact) mass is 266 g/mol. The topological polar surface area (TPSA) is 38.0 Å². The van der Waals surface area contributed by atoms with Crippen molar-refractivity contribution in [2.24, 2.45) is 5.84 Å². The number of halogens is 1. The van der Waals surface area contributed by atoms with Crippen molar-refractivity contribution in [2.45, 2.75) is 26.3 Å². The molecule has 3 heteroatoms. The molecule has 0 aromatic heterocycles. The van der Waals surface area contributed by atoms with Crippen LogP contribution >= 0.6 is 15.9 Å². The number of aryl methyl sites for hydroxylation is 1. The first kappa shape index (κ1) is 12.3. The number of nitrogens with two attached hydrogens (primary N) is 1. The lowest BCUT2D eigenvalue weighted by Crippen LogP contribution is -2.28. The molecule has 0 saturated carbocycles. The second kappa shape index (κ2) is 5.92. The lowest BCUT2D eigenvalue weighted by atomic mass is 10.0. The summed E-state index contributed by atoms with van der Waals surface area (Å²) in [5.74, 6) is 11.4. The molecule has 0 aliphatic heterocycles. The molecule has 0 aliphatic rings. The van der Waals surface area contributed by atoms with Gasteiger partial charge in [0, 0.05) is 10.9 Å². The zero-order valence-electron chi connectivity index (χ0n) is 8.97. The summed E-state index contributed by atoms with van der Waals surface area (Å²) in [5.41, 5.74) is 5.16. The van der Waals surface area contributed by atoms with E-state index in [2.05, 4.69) is 52.3 Å². The van der Waals surface area contributed by atoms with Gasteiger partial charge in [-0.15, -0.1) is 11.8 Å². The summed E-state index contributed by atoms with van der Waals surface area (Å²) in [6.07, 6.45) is 0.717. The van der Waals surface area contributed by atoms with Crippen LogP contribution in [0.2, 0.25) is 0 Å². The summed E-state index contributed by atoms with van der Waals surface area (Å²) < 4.78 is 1.06. The van der Waals surface area contributed by atoms with Crippen LogP contribution in [0.25, 0.3) is 0 Å². The van der Waals surface area contributed by atoms with Crippen LogP contribution in [-0.4, -0.2) is 0 Å². The molecule has 1 unspecified atom stereocenters. The Morgan fingerprint density at radius 2 is 2.27 bits per heavy atom. The van der Waals surface area contributed by atoms with Crippen LogP contribution in [0.3, 0.4) is 0 Å². The normalized spacial score (nSPS) is 11.7. The Hall–Kier alpha value is -0.820. The minimum absolute atomic E-state index is 0.0757. The van der Waals surface area contributed by atoms with Gasteiger partial charge in [0.1, 0.15) is 0 Å². The number of benzene rings is 1. The van der Waals surface area contributed by atoms with Crippen molar-refractivity contribution in [1.82, 2.24) is 5.43 Å². The molecule has 0 bridgehead atoms. The highest BCUT2D eigenvalue weighted by Crippen LogP contribution is 2.25. The van der Waals surface area contributed by atoms with Crippen LogP contribution < -0.4 is 11.3 Å². The maximum atomic E-state index is 5.53. The molecule has 0 fully saturated rings. The summed E-state index contributed by atoms with van der Waals surface area (Å²) in [4.78, 5) is 0. The van der Waals surface area contributed by atoms with Gasteiger partial charge in [0.2, 0.25) is 0 Å². The van der Waals surface area contributed by atoms with Gasteiger partial charge < -0.3 is 0 Å². The first-order chi connectivity index (χ1) is 7.19. The first-order valence-electron chi connectivity index (χ1n) is 4.80. The van der Waals surface area contributed by atoms with Gasteiger partial charge in [-0.2, -0.15) is 0 Å². The highest BCUT2D eigenvalue weighted by molar-refractivity contribution is 9.10. The maximum absolute atomic E-state index is 5.53. The Balaban J connectivity index is 2.98. The van der Waals surface area contributed by atoms with E-state index in [1.54, 1.807) is 0 Å². The third-order valence-corrected chi connectivity index (χ3v) is 2.93. The SMILES string of the molecule is CC#CCC(NN)c1cc(C)ccc1Br. The van der Waals surface area contributed by atoms with Crippen LogP contribution in [0.5, 0.6) is 0 Å². The molecular weight excluding hydrogens is 252 g/mol. The van der Waals surface area contributed by atoms with Gasteiger partial charge in [-0.3, -0.25) is 11.3 Å². The summed E-state index contributed by atoms with van der Waals surface area (Å²) in [6.45, 7) is 3.90. The third-order valence-electron chi connectivity index (χ3n) is 2.21. The van der Waals surface area contributed by atoms with Gasteiger partial charge in [-0.25, -0.2) is 0 Å². The van der Waals surface area contributed by atoms with Crippen molar-refractivity contribution in [1.29, 1.82) is 0 Å². The Morgan fingerprint density at radius 3 is 2.87 bits per heavy atom. The third kappa shape index (κ3) is 3.35. The van der Waals surface area contributed by atoms with E-state index >= 15 is 0 Å². The summed E-state index contributed by atoms with van der Waals surface area (Å²) >= 11 is 3.52. The predicted octanol–water partition coefficient (Wildman–Crippen LogP) is 2.68. The van der Waals surface area contributed by atoms with Crippen molar-refractivity contribution in [3.63, 3.8) is 0 Å². The molecule has 0 saturated heterocycles. The van der Waals surface area contributed by atoms with Crippen molar-refractivity contribution in [2.75, 3.05) is 0 Å². The second-order valence-corrected chi connectivity index (χ2v) is 4.23. The van der Waals surface area contributed by atoms with Crippen LogP contribution in [-0.2, 0) is 0 Å². The molecule has 0 aliphatic carbocycles. The quantitative estimate of drug-likeness (QED) is 0.502. The Labute approximate surface area is 99.3 Å². The lowest BCUT2D eigenvalue weighted by Gasteiger charge is -2.15. The number of rotatable bonds is 3. The number of nitrogens with one attached hydrogen (secondary N) is 1. The van der Waals surface area contributed by atoms with Crippen molar-refractivity contribution in [3.8, 4) is 11.8 Å².